The van der Waals surface area contributed by atoms with Crippen LogP contribution in [0.1, 0.15) is 59.8 Å². The molecule has 0 aromatic carbocycles. The number of nitrogens with one attached hydrogen (secondary N) is 1. The summed E-state index contributed by atoms with van der Waals surface area (Å²) in [6.45, 7) is 9.47. The predicted octanol–water partition coefficient (Wildman–Crippen LogP) is 3.43. The molecule has 5 heteroatoms. The molecule has 1 N–H and O–H groups in total. The van der Waals surface area contributed by atoms with Gasteiger partial charge in [0.05, 0.1) is 13.2 Å². The van der Waals surface area contributed by atoms with Gasteiger partial charge < -0.3 is 10.1 Å². The van der Waals surface area contributed by atoms with Crippen LogP contribution >= 0.6 is 0 Å². The van der Waals surface area contributed by atoms with Crippen molar-refractivity contribution in [2.75, 3.05) is 13.2 Å². The largest absolute Gasteiger partial charge is 0.450 e. The lowest BCUT2D eigenvalue weighted by Crippen LogP contribution is -2.48. The molecule has 0 aliphatic heterocycles. The Balaban J connectivity index is 2.60. The molecule has 1 saturated carbocycles. The maximum Gasteiger partial charge on any atom is 0.407 e. The number of unbranched alkanes of at least 4 members (excludes halogenated alkanes) is 1. The molecule has 0 radical (unpaired) electrons. The highest BCUT2D eigenvalue weighted by molar-refractivity contribution is 5.67. The first-order valence-corrected chi connectivity index (χ1v) is 7.77. The zero-order valence-corrected chi connectivity index (χ0v) is 13.7. The van der Waals surface area contributed by atoms with E-state index in [0.717, 1.165) is 32.1 Å². The lowest BCUT2D eigenvalue weighted by atomic mass is 9.62. The molecule has 0 aromatic heterocycles. The first kappa shape index (κ1) is 17.7. The topological polar surface area (TPSA) is 67.8 Å². The summed E-state index contributed by atoms with van der Waals surface area (Å²) in [7, 11) is 0. The third-order valence-electron chi connectivity index (χ3n) is 4.02. The highest BCUT2D eigenvalue weighted by Crippen LogP contribution is 2.46. The molecule has 1 aliphatic rings. The second-order valence-electron chi connectivity index (χ2n) is 7.30. The van der Waals surface area contributed by atoms with E-state index in [1.165, 1.54) is 0 Å². The van der Waals surface area contributed by atoms with Gasteiger partial charge in [-0.2, -0.15) is 0 Å². The predicted molar refractivity (Wildman–Crippen MR) is 81.9 cm³/mol. The van der Waals surface area contributed by atoms with Gasteiger partial charge in [-0.25, -0.2) is 14.6 Å². The number of hydrogen-bond donors (Lipinski definition) is 1. The molecule has 1 rings (SSSR count). The van der Waals surface area contributed by atoms with Gasteiger partial charge in [-0.05, 0) is 36.5 Å². The van der Waals surface area contributed by atoms with Crippen molar-refractivity contribution >= 4 is 12.2 Å². The van der Waals surface area contributed by atoms with Crippen molar-refractivity contribution in [3.63, 3.8) is 0 Å². The number of hydrogen-bond acceptors (Lipinski definition) is 4. The molecule has 2 atom stereocenters. The van der Waals surface area contributed by atoms with E-state index in [1.54, 1.807) is 6.08 Å². The first-order valence-electron chi connectivity index (χ1n) is 7.77. The number of carbonyl (C=O) groups excluding carboxylic acids is 2. The molecule has 2 unspecified atom stereocenters. The van der Waals surface area contributed by atoms with Crippen molar-refractivity contribution < 1.29 is 14.3 Å². The quantitative estimate of drug-likeness (QED) is 0.464. The highest BCUT2D eigenvalue weighted by atomic mass is 16.5. The minimum atomic E-state index is -0.340. The average Bonchev–Trinajstić information content (AvgIpc) is 2.34. The van der Waals surface area contributed by atoms with Crippen LogP contribution in [0.25, 0.3) is 0 Å². The zero-order valence-electron chi connectivity index (χ0n) is 13.7. The van der Waals surface area contributed by atoms with Gasteiger partial charge in [0.25, 0.3) is 0 Å². The lowest BCUT2D eigenvalue weighted by molar-refractivity contribution is 0.0711. The van der Waals surface area contributed by atoms with E-state index >= 15 is 0 Å². The maximum absolute atomic E-state index is 11.8. The maximum atomic E-state index is 11.8. The summed E-state index contributed by atoms with van der Waals surface area (Å²) in [4.78, 5) is 25.9. The Hall–Kier alpha value is -1.35. The second kappa shape index (κ2) is 7.60. The molecular weight excluding hydrogens is 268 g/mol. The Morgan fingerprint density at radius 2 is 2.10 bits per heavy atom. The monoisotopic (exact) mass is 296 g/mol. The number of nitrogens with zero attached hydrogens (tertiary/aromatic N) is 1. The molecule has 0 bridgehead atoms. The summed E-state index contributed by atoms with van der Waals surface area (Å²) in [5.74, 6) is 0. The van der Waals surface area contributed by atoms with Gasteiger partial charge in [0, 0.05) is 6.04 Å². The van der Waals surface area contributed by atoms with Gasteiger partial charge in [0.2, 0.25) is 6.08 Å². The SMILES string of the molecule is CCCCOC(=O)NC1CC(C)(C)CC(C)(CN=C=O)C1. The summed E-state index contributed by atoms with van der Waals surface area (Å²) in [5, 5.41) is 2.96. The normalized spacial score (nSPS) is 27.5. The number of carbonyl (C=O) groups is 1. The summed E-state index contributed by atoms with van der Waals surface area (Å²) in [5.41, 5.74) is 0.0211. The summed E-state index contributed by atoms with van der Waals surface area (Å²) >= 11 is 0. The Morgan fingerprint density at radius 3 is 2.71 bits per heavy atom. The van der Waals surface area contributed by atoms with Gasteiger partial charge >= 0.3 is 6.09 Å². The van der Waals surface area contributed by atoms with Gasteiger partial charge in [0.15, 0.2) is 0 Å². The standard InChI is InChI=1S/C16H28N2O3/c1-5-6-7-21-14(20)18-13-8-15(2,3)10-16(4,9-13)11-17-12-19/h13H,5-11H2,1-4H3,(H,18,20). The van der Waals surface area contributed by atoms with Crippen molar-refractivity contribution in [2.24, 2.45) is 15.8 Å². The highest BCUT2D eigenvalue weighted by Gasteiger charge is 2.41. The van der Waals surface area contributed by atoms with E-state index in [2.05, 4.69) is 38.0 Å². The summed E-state index contributed by atoms with van der Waals surface area (Å²) in [6.07, 6.45) is 5.87. The van der Waals surface area contributed by atoms with Crippen molar-refractivity contribution in [1.82, 2.24) is 5.32 Å². The fraction of sp³-hybridized carbons (Fsp3) is 0.875. The molecule has 1 aliphatic carbocycles. The van der Waals surface area contributed by atoms with Crippen LogP contribution in [0.5, 0.6) is 0 Å². The molecule has 0 saturated heterocycles. The van der Waals surface area contributed by atoms with Crippen LogP contribution in [0.3, 0.4) is 0 Å². The third kappa shape index (κ3) is 6.30. The molecule has 5 nitrogen and oxygen atoms in total. The Labute approximate surface area is 127 Å². The molecule has 0 heterocycles. The first-order chi connectivity index (χ1) is 9.80. The van der Waals surface area contributed by atoms with Crippen LogP contribution < -0.4 is 5.32 Å². The lowest BCUT2D eigenvalue weighted by Gasteiger charge is -2.45. The van der Waals surface area contributed by atoms with E-state index in [9.17, 15) is 9.59 Å². The average molecular weight is 296 g/mol. The molecule has 1 fully saturated rings. The Bertz CT molecular complexity index is 402. The van der Waals surface area contributed by atoms with E-state index in [1.807, 2.05) is 0 Å². The van der Waals surface area contributed by atoms with Crippen LogP contribution in [0.15, 0.2) is 4.99 Å². The number of ether oxygens (including phenoxy) is 1. The van der Waals surface area contributed by atoms with Crippen molar-refractivity contribution in [3.8, 4) is 0 Å². The molecular formula is C16H28N2O3. The van der Waals surface area contributed by atoms with Crippen molar-refractivity contribution in [2.45, 2.75) is 65.8 Å². The van der Waals surface area contributed by atoms with Crippen LogP contribution in [0, 0.1) is 10.8 Å². The third-order valence-corrected chi connectivity index (χ3v) is 4.02. The van der Waals surface area contributed by atoms with Crippen LogP contribution in [0.4, 0.5) is 4.79 Å². The van der Waals surface area contributed by atoms with E-state index in [4.69, 9.17) is 4.74 Å². The molecule has 0 spiro atoms. The summed E-state index contributed by atoms with van der Waals surface area (Å²) in [6, 6.07) is 0.0646. The Kier molecular flexibility index (Phi) is 6.41. The van der Waals surface area contributed by atoms with Crippen molar-refractivity contribution in [3.05, 3.63) is 0 Å². The minimum Gasteiger partial charge on any atom is -0.450 e. The number of rotatable bonds is 6. The van der Waals surface area contributed by atoms with Gasteiger partial charge in [-0.1, -0.05) is 34.1 Å². The number of alkyl carbamates (subject to hydrolysis) is 1. The van der Waals surface area contributed by atoms with Crippen molar-refractivity contribution in [1.29, 1.82) is 0 Å². The zero-order chi connectivity index (χ0) is 15.9. The van der Waals surface area contributed by atoms with E-state index < -0.39 is 0 Å². The fourth-order valence-electron chi connectivity index (χ4n) is 3.60. The number of aliphatic imine (C=N–C) groups is 1. The second-order valence-corrected chi connectivity index (χ2v) is 7.30. The molecule has 0 aromatic rings. The Morgan fingerprint density at radius 1 is 1.38 bits per heavy atom. The van der Waals surface area contributed by atoms with Crippen LogP contribution in [0.2, 0.25) is 0 Å². The number of amides is 1. The van der Waals surface area contributed by atoms with Gasteiger partial charge in [-0.3, -0.25) is 0 Å². The molecule has 120 valence electrons. The summed E-state index contributed by atoms with van der Waals surface area (Å²) < 4.78 is 5.17. The fourth-order valence-corrected chi connectivity index (χ4v) is 3.60. The molecule has 21 heavy (non-hydrogen) atoms. The van der Waals surface area contributed by atoms with E-state index in [0.29, 0.717) is 13.2 Å². The van der Waals surface area contributed by atoms with E-state index in [-0.39, 0.29) is 23.0 Å². The van der Waals surface area contributed by atoms with Crippen LogP contribution in [-0.4, -0.2) is 31.4 Å². The smallest absolute Gasteiger partial charge is 0.407 e. The van der Waals surface area contributed by atoms with Gasteiger partial charge in [0.1, 0.15) is 0 Å². The van der Waals surface area contributed by atoms with Crippen LogP contribution in [-0.2, 0) is 9.53 Å². The minimum absolute atomic E-state index is 0.0646. The molecule has 1 amide bonds. The number of isocyanates is 1. The van der Waals surface area contributed by atoms with Gasteiger partial charge in [-0.15, -0.1) is 0 Å².